The highest BCUT2D eigenvalue weighted by molar-refractivity contribution is 6.34. The Labute approximate surface area is 146 Å². The molecule has 0 aromatic heterocycles. The minimum atomic E-state index is 0. The van der Waals surface area contributed by atoms with Gasteiger partial charge < -0.3 is 10.5 Å². The van der Waals surface area contributed by atoms with Crippen LogP contribution < -0.4 is 10.5 Å². The van der Waals surface area contributed by atoms with Crippen molar-refractivity contribution in [1.82, 2.24) is 0 Å². The zero-order valence-electron chi connectivity index (χ0n) is 11.8. The monoisotopic (exact) mass is 358 g/mol. The van der Waals surface area contributed by atoms with Crippen molar-refractivity contribution < 1.29 is 4.74 Å². The lowest BCUT2D eigenvalue weighted by atomic mass is 10.2. The van der Waals surface area contributed by atoms with Crippen LogP contribution in [-0.2, 0) is 6.42 Å². The summed E-state index contributed by atoms with van der Waals surface area (Å²) in [6.45, 7) is 0.817. The van der Waals surface area contributed by atoms with Gasteiger partial charge in [-0.1, -0.05) is 53.5 Å². The third-order valence-electron chi connectivity index (χ3n) is 2.83. The number of hydrogen-bond donors (Lipinski definition) is 1. The van der Waals surface area contributed by atoms with Gasteiger partial charge >= 0.3 is 0 Å². The molecular formula is C16H17Cl3N2O. The van der Waals surface area contributed by atoms with Gasteiger partial charge in [-0.3, -0.25) is 4.99 Å². The maximum absolute atomic E-state index is 6.00. The molecule has 0 amide bonds. The average Bonchev–Trinajstić information content (AvgIpc) is 2.49. The van der Waals surface area contributed by atoms with E-state index in [1.165, 1.54) is 5.56 Å². The molecule has 0 unspecified atom stereocenters. The van der Waals surface area contributed by atoms with E-state index in [0.29, 0.717) is 28.2 Å². The molecule has 0 spiro atoms. The van der Waals surface area contributed by atoms with E-state index in [2.05, 4.69) is 17.1 Å². The number of rotatable bonds is 6. The van der Waals surface area contributed by atoms with E-state index >= 15 is 0 Å². The topological polar surface area (TPSA) is 47.6 Å². The van der Waals surface area contributed by atoms with E-state index in [9.17, 15) is 0 Å². The summed E-state index contributed by atoms with van der Waals surface area (Å²) in [6, 6.07) is 15.2. The summed E-state index contributed by atoms with van der Waals surface area (Å²) < 4.78 is 5.51. The average molecular weight is 360 g/mol. The lowest BCUT2D eigenvalue weighted by molar-refractivity contribution is 0.375. The Morgan fingerprint density at radius 1 is 1.09 bits per heavy atom. The summed E-state index contributed by atoms with van der Waals surface area (Å²) >= 11 is 11.9. The predicted molar refractivity (Wildman–Crippen MR) is 95.8 cm³/mol. The van der Waals surface area contributed by atoms with E-state index in [4.69, 9.17) is 33.7 Å². The van der Waals surface area contributed by atoms with E-state index in [1.54, 1.807) is 18.2 Å². The van der Waals surface area contributed by atoms with Crippen LogP contribution in [0.4, 0.5) is 0 Å². The van der Waals surface area contributed by atoms with E-state index in [1.807, 2.05) is 18.2 Å². The van der Waals surface area contributed by atoms with Crippen molar-refractivity contribution in [2.24, 2.45) is 10.7 Å². The highest BCUT2D eigenvalue weighted by Gasteiger charge is 2.03. The maximum atomic E-state index is 6.00. The van der Waals surface area contributed by atoms with Gasteiger partial charge in [-0.25, -0.2) is 0 Å². The quantitative estimate of drug-likeness (QED) is 0.614. The van der Waals surface area contributed by atoms with Gasteiger partial charge in [0.25, 0.3) is 0 Å². The van der Waals surface area contributed by atoms with Crippen LogP contribution >= 0.6 is 35.6 Å². The second-order valence-electron chi connectivity index (χ2n) is 4.47. The highest BCUT2D eigenvalue weighted by Crippen LogP contribution is 2.27. The van der Waals surface area contributed by atoms with Gasteiger partial charge in [0.15, 0.2) is 0 Å². The van der Waals surface area contributed by atoms with Crippen LogP contribution in [0.2, 0.25) is 10.0 Å². The number of benzene rings is 2. The molecule has 22 heavy (non-hydrogen) atoms. The van der Waals surface area contributed by atoms with Crippen LogP contribution in [0.25, 0.3) is 0 Å². The van der Waals surface area contributed by atoms with Crippen LogP contribution in [0, 0.1) is 0 Å². The van der Waals surface area contributed by atoms with Crippen LogP contribution in [-0.4, -0.2) is 19.0 Å². The summed E-state index contributed by atoms with van der Waals surface area (Å²) in [4.78, 5) is 4.28. The Balaban J connectivity index is 0.00000242. The second-order valence-corrected chi connectivity index (χ2v) is 5.32. The lowest BCUT2D eigenvalue weighted by Gasteiger charge is -2.08. The molecule has 0 atom stereocenters. The molecule has 0 bridgehead atoms. The lowest BCUT2D eigenvalue weighted by Crippen LogP contribution is -2.21. The molecular weight excluding hydrogens is 343 g/mol. The number of nitrogens with two attached hydrogens (primary N) is 1. The van der Waals surface area contributed by atoms with Crippen molar-refractivity contribution in [3.63, 3.8) is 0 Å². The minimum absolute atomic E-state index is 0. The van der Waals surface area contributed by atoms with Crippen LogP contribution in [0.15, 0.2) is 53.5 Å². The van der Waals surface area contributed by atoms with Crippen molar-refractivity contribution in [2.45, 2.75) is 6.42 Å². The molecule has 0 saturated heterocycles. The largest absolute Gasteiger partial charge is 0.484 e. The Kier molecular flexibility index (Phi) is 8.10. The molecule has 0 heterocycles. The normalized spacial score (nSPS) is 10.9. The van der Waals surface area contributed by atoms with Gasteiger partial charge in [0.2, 0.25) is 0 Å². The first-order chi connectivity index (χ1) is 10.1. The molecule has 0 fully saturated rings. The van der Waals surface area contributed by atoms with Gasteiger partial charge in [0.05, 0.1) is 5.02 Å². The van der Waals surface area contributed by atoms with E-state index < -0.39 is 0 Å². The zero-order chi connectivity index (χ0) is 15.1. The predicted octanol–water partition coefficient (Wildman–Crippen LogP) is 4.39. The van der Waals surface area contributed by atoms with Gasteiger partial charge in [-0.2, -0.15) is 0 Å². The number of aliphatic imine (C=N–C) groups is 1. The van der Waals surface area contributed by atoms with Crippen molar-refractivity contribution >= 4 is 41.4 Å². The third kappa shape index (κ3) is 6.14. The van der Waals surface area contributed by atoms with Crippen molar-refractivity contribution in [3.8, 4) is 5.75 Å². The number of nitrogens with zero attached hydrogens (tertiary/aromatic N) is 1. The number of hydrogen-bond acceptors (Lipinski definition) is 2. The number of halogens is 3. The summed E-state index contributed by atoms with van der Waals surface area (Å²) in [5.74, 6) is 0.937. The molecule has 6 heteroatoms. The smallest absolute Gasteiger partial charge is 0.145 e. The fourth-order valence-corrected chi connectivity index (χ4v) is 2.09. The Morgan fingerprint density at radius 3 is 2.55 bits per heavy atom. The fourth-order valence-electron chi connectivity index (χ4n) is 1.76. The first-order valence-corrected chi connectivity index (χ1v) is 7.31. The van der Waals surface area contributed by atoms with Crippen molar-refractivity contribution in [3.05, 3.63) is 64.1 Å². The molecule has 0 aliphatic rings. The number of ether oxygens (including phenoxy) is 1. The molecule has 0 aliphatic carbocycles. The standard InChI is InChI=1S/C16H16Cl2N2O.ClH/c17-13-6-7-14(18)15(10-13)21-11-16(19)20-9-8-12-4-2-1-3-5-12;/h1-7,10H,8-9,11H2,(H2,19,20);1H. The number of amidine groups is 1. The summed E-state index contributed by atoms with van der Waals surface area (Å²) in [7, 11) is 0. The summed E-state index contributed by atoms with van der Waals surface area (Å²) in [5.41, 5.74) is 7.05. The Morgan fingerprint density at radius 2 is 1.82 bits per heavy atom. The minimum Gasteiger partial charge on any atom is -0.484 e. The molecule has 0 radical (unpaired) electrons. The van der Waals surface area contributed by atoms with Crippen LogP contribution in [0.1, 0.15) is 5.56 Å². The first kappa shape index (κ1) is 18.6. The molecule has 118 valence electrons. The fraction of sp³-hybridized carbons (Fsp3) is 0.188. The van der Waals surface area contributed by atoms with Crippen molar-refractivity contribution in [1.29, 1.82) is 0 Å². The first-order valence-electron chi connectivity index (χ1n) is 6.56. The molecule has 0 saturated carbocycles. The third-order valence-corrected chi connectivity index (χ3v) is 3.37. The Hall–Kier alpha value is -1.42. The zero-order valence-corrected chi connectivity index (χ0v) is 14.2. The molecule has 0 aliphatic heterocycles. The summed E-state index contributed by atoms with van der Waals surface area (Å²) in [6.07, 6.45) is 0.847. The molecule has 2 aromatic carbocycles. The SMILES string of the molecule is Cl.NC(COc1cc(Cl)ccc1Cl)=NCCc1ccccc1. The van der Waals surface area contributed by atoms with Gasteiger partial charge in [-0.15, -0.1) is 12.4 Å². The van der Waals surface area contributed by atoms with Gasteiger partial charge in [0, 0.05) is 17.6 Å². The Bertz CT molecular complexity index is 618. The summed E-state index contributed by atoms with van der Waals surface area (Å²) in [5, 5.41) is 1.06. The van der Waals surface area contributed by atoms with Gasteiger partial charge in [0.1, 0.15) is 18.2 Å². The highest BCUT2D eigenvalue weighted by atomic mass is 35.5. The van der Waals surface area contributed by atoms with E-state index in [0.717, 1.165) is 6.42 Å². The van der Waals surface area contributed by atoms with E-state index in [-0.39, 0.29) is 19.0 Å². The van der Waals surface area contributed by atoms with Crippen LogP contribution in [0.5, 0.6) is 5.75 Å². The maximum Gasteiger partial charge on any atom is 0.145 e. The molecule has 2 N–H and O–H groups in total. The van der Waals surface area contributed by atoms with Crippen molar-refractivity contribution in [2.75, 3.05) is 13.2 Å². The van der Waals surface area contributed by atoms with Crippen LogP contribution in [0.3, 0.4) is 0 Å². The molecule has 2 aromatic rings. The van der Waals surface area contributed by atoms with Gasteiger partial charge in [-0.05, 0) is 24.1 Å². The second kappa shape index (κ2) is 9.57. The molecule has 3 nitrogen and oxygen atoms in total. The molecule has 2 rings (SSSR count).